The molecular weight excluding hydrogens is 164 g/mol. The van der Waals surface area contributed by atoms with Gasteiger partial charge in [0.25, 0.3) is 0 Å². The molecule has 0 aliphatic carbocycles. The molecule has 0 saturated heterocycles. The minimum absolute atomic E-state index is 0.101. The summed E-state index contributed by atoms with van der Waals surface area (Å²) in [5.74, 6) is -1.34. The molecule has 0 saturated carbocycles. The van der Waals surface area contributed by atoms with Crippen LogP contribution in [0, 0.1) is 0 Å². The molecule has 0 spiro atoms. The van der Waals surface area contributed by atoms with Crippen LogP contribution in [-0.2, 0) is 19.1 Å². The third-order valence-electron chi connectivity index (χ3n) is 1.00. The zero-order valence-electron chi connectivity index (χ0n) is 7.07. The minimum atomic E-state index is -0.716. The van der Waals surface area contributed by atoms with Gasteiger partial charge in [0.15, 0.2) is 0 Å². The second-order valence-electron chi connectivity index (χ2n) is 2.28. The molecule has 12 heavy (non-hydrogen) atoms. The summed E-state index contributed by atoms with van der Waals surface area (Å²) < 4.78 is 8.71. The molecule has 1 atom stereocenters. The SMILES string of the molecule is COC(=O)CC(=O)OCC(C)O. The quantitative estimate of drug-likeness (QED) is 0.460. The molecule has 0 aliphatic heterocycles. The zero-order valence-corrected chi connectivity index (χ0v) is 7.07. The van der Waals surface area contributed by atoms with Crippen LogP contribution in [0.2, 0.25) is 0 Å². The second kappa shape index (κ2) is 5.54. The van der Waals surface area contributed by atoms with Crippen molar-refractivity contribution < 1.29 is 24.2 Å². The summed E-state index contributed by atoms with van der Waals surface area (Å²) in [6, 6.07) is 0. The van der Waals surface area contributed by atoms with Crippen LogP contribution >= 0.6 is 0 Å². The number of hydrogen-bond donors (Lipinski definition) is 1. The van der Waals surface area contributed by atoms with Gasteiger partial charge in [0.2, 0.25) is 0 Å². The predicted molar refractivity (Wildman–Crippen MR) is 39.3 cm³/mol. The van der Waals surface area contributed by atoms with E-state index in [-0.39, 0.29) is 6.61 Å². The van der Waals surface area contributed by atoms with Crippen LogP contribution in [-0.4, -0.2) is 36.9 Å². The van der Waals surface area contributed by atoms with E-state index < -0.39 is 24.5 Å². The number of esters is 2. The molecule has 0 heterocycles. The van der Waals surface area contributed by atoms with E-state index in [1.54, 1.807) is 0 Å². The fourth-order valence-electron chi connectivity index (χ4n) is 0.455. The van der Waals surface area contributed by atoms with Gasteiger partial charge >= 0.3 is 11.9 Å². The maximum absolute atomic E-state index is 10.7. The number of rotatable bonds is 4. The van der Waals surface area contributed by atoms with Crippen molar-refractivity contribution in [3.8, 4) is 0 Å². The van der Waals surface area contributed by atoms with Crippen molar-refractivity contribution in [2.24, 2.45) is 0 Å². The van der Waals surface area contributed by atoms with Crippen LogP contribution < -0.4 is 0 Å². The molecule has 5 nitrogen and oxygen atoms in total. The minimum Gasteiger partial charge on any atom is -0.469 e. The first-order chi connectivity index (χ1) is 5.56. The normalized spacial score (nSPS) is 11.9. The molecule has 0 aromatic carbocycles. The molecule has 0 aromatic heterocycles. The number of aliphatic hydroxyl groups is 1. The Kier molecular flexibility index (Phi) is 5.03. The highest BCUT2D eigenvalue weighted by Gasteiger charge is 2.10. The Morgan fingerprint density at radius 2 is 2.00 bits per heavy atom. The number of carbonyl (C=O) groups excluding carboxylic acids is 2. The van der Waals surface area contributed by atoms with Crippen LogP contribution in [0.25, 0.3) is 0 Å². The van der Waals surface area contributed by atoms with Gasteiger partial charge in [-0.2, -0.15) is 0 Å². The highest BCUT2D eigenvalue weighted by Crippen LogP contribution is 1.91. The lowest BCUT2D eigenvalue weighted by Gasteiger charge is -2.05. The highest BCUT2D eigenvalue weighted by atomic mass is 16.6. The van der Waals surface area contributed by atoms with Crippen molar-refractivity contribution in [1.29, 1.82) is 0 Å². The summed E-state index contributed by atoms with van der Waals surface area (Å²) >= 11 is 0. The Balaban J connectivity index is 3.53. The largest absolute Gasteiger partial charge is 0.469 e. The molecule has 0 radical (unpaired) electrons. The van der Waals surface area contributed by atoms with Crippen LogP contribution in [0.5, 0.6) is 0 Å². The molecule has 5 heteroatoms. The van der Waals surface area contributed by atoms with Crippen molar-refractivity contribution >= 4 is 11.9 Å². The van der Waals surface area contributed by atoms with E-state index in [9.17, 15) is 9.59 Å². The number of aliphatic hydroxyl groups excluding tert-OH is 1. The molecule has 0 bridgehead atoms. The average Bonchev–Trinajstić information content (AvgIpc) is 2.00. The summed E-state index contributed by atoms with van der Waals surface area (Å²) in [6.07, 6.45) is -1.13. The van der Waals surface area contributed by atoms with Crippen molar-refractivity contribution in [3.63, 3.8) is 0 Å². The molecule has 0 aliphatic rings. The van der Waals surface area contributed by atoms with Crippen molar-refractivity contribution in [3.05, 3.63) is 0 Å². The van der Waals surface area contributed by atoms with E-state index >= 15 is 0 Å². The van der Waals surface area contributed by atoms with Crippen LogP contribution in [0.4, 0.5) is 0 Å². The summed E-state index contributed by atoms with van der Waals surface area (Å²) in [5, 5.41) is 8.70. The van der Waals surface area contributed by atoms with Crippen molar-refractivity contribution in [2.75, 3.05) is 13.7 Å². The molecule has 0 rings (SSSR count). The van der Waals surface area contributed by atoms with E-state index in [2.05, 4.69) is 9.47 Å². The van der Waals surface area contributed by atoms with Gasteiger partial charge < -0.3 is 14.6 Å². The highest BCUT2D eigenvalue weighted by molar-refractivity contribution is 5.91. The lowest BCUT2D eigenvalue weighted by Crippen LogP contribution is -2.18. The molecule has 0 fully saturated rings. The van der Waals surface area contributed by atoms with Gasteiger partial charge in [-0.15, -0.1) is 0 Å². The van der Waals surface area contributed by atoms with Crippen LogP contribution in [0.3, 0.4) is 0 Å². The maximum Gasteiger partial charge on any atom is 0.317 e. The Bertz CT molecular complexity index is 163. The van der Waals surface area contributed by atoms with Crippen LogP contribution in [0.15, 0.2) is 0 Å². The molecule has 70 valence electrons. The average molecular weight is 176 g/mol. The number of methoxy groups -OCH3 is 1. The van der Waals surface area contributed by atoms with Gasteiger partial charge in [-0.3, -0.25) is 9.59 Å². The first-order valence-electron chi connectivity index (χ1n) is 3.46. The first kappa shape index (κ1) is 10.9. The van der Waals surface area contributed by atoms with E-state index in [0.717, 1.165) is 0 Å². The molecule has 1 N–H and O–H groups in total. The summed E-state index contributed by atoms with van der Waals surface area (Å²) in [5.41, 5.74) is 0. The summed E-state index contributed by atoms with van der Waals surface area (Å²) in [4.78, 5) is 21.2. The number of ether oxygens (including phenoxy) is 2. The number of carbonyl (C=O) groups is 2. The predicted octanol–water partition coefficient (Wildman–Crippen LogP) is -0.527. The maximum atomic E-state index is 10.7. The second-order valence-corrected chi connectivity index (χ2v) is 2.28. The third-order valence-corrected chi connectivity index (χ3v) is 1.00. The Hall–Kier alpha value is -1.10. The smallest absolute Gasteiger partial charge is 0.317 e. The summed E-state index contributed by atoms with van der Waals surface area (Å²) in [7, 11) is 1.18. The number of hydrogen-bond acceptors (Lipinski definition) is 5. The monoisotopic (exact) mass is 176 g/mol. The van der Waals surface area contributed by atoms with E-state index in [1.165, 1.54) is 14.0 Å². The first-order valence-corrected chi connectivity index (χ1v) is 3.46. The molecule has 0 amide bonds. The lowest BCUT2D eigenvalue weighted by atomic mass is 10.4. The van der Waals surface area contributed by atoms with Gasteiger partial charge in [0, 0.05) is 0 Å². The van der Waals surface area contributed by atoms with Gasteiger partial charge in [0.05, 0.1) is 13.2 Å². The van der Waals surface area contributed by atoms with Crippen LogP contribution in [0.1, 0.15) is 13.3 Å². The Morgan fingerprint density at radius 1 is 1.42 bits per heavy atom. The van der Waals surface area contributed by atoms with Gasteiger partial charge in [-0.25, -0.2) is 0 Å². The molecular formula is C7H12O5. The van der Waals surface area contributed by atoms with Gasteiger partial charge in [-0.1, -0.05) is 0 Å². The van der Waals surface area contributed by atoms with Gasteiger partial charge in [-0.05, 0) is 6.92 Å². The van der Waals surface area contributed by atoms with E-state index in [1.807, 2.05) is 0 Å². The van der Waals surface area contributed by atoms with Crippen molar-refractivity contribution in [1.82, 2.24) is 0 Å². The fourth-order valence-corrected chi connectivity index (χ4v) is 0.455. The third kappa shape index (κ3) is 5.67. The standard InChI is InChI=1S/C7H12O5/c1-5(8)4-12-7(10)3-6(9)11-2/h5,8H,3-4H2,1-2H3. The molecule has 0 aromatic rings. The fraction of sp³-hybridized carbons (Fsp3) is 0.714. The topological polar surface area (TPSA) is 72.8 Å². The van der Waals surface area contributed by atoms with E-state index in [0.29, 0.717) is 0 Å². The summed E-state index contributed by atoms with van der Waals surface area (Å²) in [6.45, 7) is 1.38. The Labute approximate surface area is 70.3 Å². The van der Waals surface area contributed by atoms with Crippen molar-refractivity contribution in [2.45, 2.75) is 19.4 Å². The zero-order chi connectivity index (χ0) is 9.56. The molecule has 1 unspecified atom stereocenters. The lowest BCUT2D eigenvalue weighted by molar-refractivity contribution is -0.154. The Morgan fingerprint density at radius 3 is 2.42 bits per heavy atom. The van der Waals surface area contributed by atoms with Gasteiger partial charge in [0.1, 0.15) is 13.0 Å². The van der Waals surface area contributed by atoms with E-state index in [4.69, 9.17) is 5.11 Å².